The van der Waals surface area contributed by atoms with E-state index >= 15 is 0 Å². The second kappa shape index (κ2) is 8.05. The largest absolute Gasteiger partial charge is 0.467 e. The first-order valence-electron chi connectivity index (χ1n) is 9.75. The van der Waals surface area contributed by atoms with E-state index in [0.29, 0.717) is 30.3 Å². The number of hydrogen-bond acceptors (Lipinski definition) is 4. The average molecular weight is 416 g/mol. The number of carbonyl (C=O) groups excluding carboxylic acids is 1. The van der Waals surface area contributed by atoms with Gasteiger partial charge in [-0.2, -0.15) is 0 Å². The molecule has 0 atom stereocenters. The van der Waals surface area contributed by atoms with Crippen molar-refractivity contribution in [3.8, 4) is 5.75 Å². The predicted octanol–water partition coefficient (Wildman–Crippen LogP) is 4.00. The highest BCUT2D eigenvalue weighted by molar-refractivity contribution is 6.30. The number of hydrogen-bond donors (Lipinski definition) is 0. The van der Waals surface area contributed by atoms with Crippen LogP contribution in [0.25, 0.3) is 11.0 Å². The zero-order valence-corrected chi connectivity index (χ0v) is 17.6. The van der Waals surface area contributed by atoms with E-state index in [9.17, 15) is 4.79 Å². The number of esters is 1. The monoisotopic (exact) mass is 415 g/mol. The highest BCUT2D eigenvalue weighted by Crippen LogP contribution is 2.33. The van der Waals surface area contributed by atoms with Crippen LogP contribution in [0.2, 0.25) is 5.02 Å². The van der Waals surface area contributed by atoms with Crippen LogP contribution in [-0.2, 0) is 29.2 Å². The minimum atomic E-state index is -0.316. The SMILES string of the molecule is CCOC(=O)c1ccc2c(c1)n(Cc1cc(Cl)cc3c1OCOC3)c(C)[n+]2CC. The summed E-state index contributed by atoms with van der Waals surface area (Å²) in [5, 5.41) is 0.651. The van der Waals surface area contributed by atoms with Gasteiger partial charge in [0.15, 0.2) is 17.8 Å². The molecule has 4 rings (SSSR count). The van der Waals surface area contributed by atoms with Crippen molar-refractivity contribution >= 4 is 28.6 Å². The molecular formula is C22H24ClN2O4+. The van der Waals surface area contributed by atoms with E-state index in [1.54, 1.807) is 6.92 Å². The Hall–Kier alpha value is -2.57. The van der Waals surface area contributed by atoms with Crippen LogP contribution in [0, 0.1) is 6.92 Å². The van der Waals surface area contributed by atoms with Crippen molar-refractivity contribution in [3.05, 3.63) is 57.9 Å². The van der Waals surface area contributed by atoms with Crippen LogP contribution in [0.3, 0.4) is 0 Å². The Morgan fingerprint density at radius 3 is 2.86 bits per heavy atom. The van der Waals surface area contributed by atoms with Crippen molar-refractivity contribution in [2.24, 2.45) is 0 Å². The molecule has 1 aliphatic heterocycles. The van der Waals surface area contributed by atoms with Gasteiger partial charge in [0, 0.05) is 29.1 Å². The average Bonchev–Trinajstić information content (AvgIpc) is 2.98. The summed E-state index contributed by atoms with van der Waals surface area (Å²) in [5.41, 5.74) is 4.51. The van der Waals surface area contributed by atoms with E-state index in [1.807, 2.05) is 30.3 Å². The molecule has 0 amide bonds. The second-order valence-corrected chi connectivity index (χ2v) is 7.40. The van der Waals surface area contributed by atoms with Crippen LogP contribution < -0.4 is 9.30 Å². The number of imidazole rings is 1. The fraction of sp³-hybridized carbons (Fsp3) is 0.364. The Bertz CT molecular complexity index is 1090. The number of nitrogens with zero attached hydrogens (tertiary/aromatic N) is 2. The summed E-state index contributed by atoms with van der Waals surface area (Å²) in [5.74, 6) is 1.60. The maximum atomic E-state index is 12.3. The minimum Gasteiger partial charge on any atom is -0.467 e. The van der Waals surface area contributed by atoms with Gasteiger partial charge in [0.2, 0.25) is 0 Å². The maximum Gasteiger partial charge on any atom is 0.338 e. The molecule has 0 saturated heterocycles. The zero-order chi connectivity index (χ0) is 20.5. The molecule has 0 saturated carbocycles. The van der Waals surface area contributed by atoms with Gasteiger partial charge in [0.1, 0.15) is 12.3 Å². The molecule has 2 heterocycles. The highest BCUT2D eigenvalue weighted by atomic mass is 35.5. The predicted molar refractivity (Wildman–Crippen MR) is 109 cm³/mol. The number of rotatable bonds is 5. The summed E-state index contributed by atoms with van der Waals surface area (Å²) < 4.78 is 20.8. The molecular weight excluding hydrogens is 392 g/mol. The van der Waals surface area contributed by atoms with E-state index in [2.05, 4.69) is 23.0 Å². The molecule has 6 nitrogen and oxygen atoms in total. The third kappa shape index (κ3) is 3.58. The Morgan fingerprint density at radius 2 is 2.10 bits per heavy atom. The fourth-order valence-electron chi connectivity index (χ4n) is 3.95. The molecule has 1 aliphatic rings. The molecule has 0 aliphatic carbocycles. The summed E-state index contributed by atoms with van der Waals surface area (Å²) in [6, 6.07) is 9.51. The lowest BCUT2D eigenvalue weighted by Crippen LogP contribution is -2.35. The Balaban J connectivity index is 1.85. The Morgan fingerprint density at radius 1 is 1.28 bits per heavy atom. The second-order valence-electron chi connectivity index (χ2n) is 6.97. The molecule has 0 N–H and O–H groups in total. The quantitative estimate of drug-likeness (QED) is 0.467. The number of halogens is 1. The van der Waals surface area contributed by atoms with E-state index in [0.717, 1.165) is 40.3 Å². The molecule has 0 radical (unpaired) electrons. The van der Waals surface area contributed by atoms with Gasteiger partial charge in [-0.25, -0.2) is 13.9 Å². The van der Waals surface area contributed by atoms with Crippen molar-refractivity contribution < 1.29 is 23.6 Å². The molecule has 152 valence electrons. The fourth-order valence-corrected chi connectivity index (χ4v) is 4.21. The van der Waals surface area contributed by atoms with Crippen LogP contribution in [0.15, 0.2) is 30.3 Å². The van der Waals surface area contributed by atoms with Crippen LogP contribution in [-0.4, -0.2) is 23.9 Å². The molecule has 2 aromatic carbocycles. The van der Waals surface area contributed by atoms with E-state index in [4.69, 9.17) is 25.8 Å². The van der Waals surface area contributed by atoms with Crippen molar-refractivity contribution in [1.82, 2.24) is 4.57 Å². The topological polar surface area (TPSA) is 53.6 Å². The van der Waals surface area contributed by atoms with Crippen molar-refractivity contribution in [2.45, 2.75) is 40.5 Å². The molecule has 7 heteroatoms. The third-order valence-corrected chi connectivity index (χ3v) is 5.46. The van der Waals surface area contributed by atoms with Crippen LogP contribution in [0.5, 0.6) is 5.75 Å². The van der Waals surface area contributed by atoms with Crippen molar-refractivity contribution in [1.29, 1.82) is 0 Å². The maximum absolute atomic E-state index is 12.3. The van der Waals surface area contributed by atoms with Crippen LogP contribution in [0.1, 0.15) is 41.2 Å². The summed E-state index contributed by atoms with van der Waals surface area (Å²) >= 11 is 6.35. The number of ether oxygens (including phenoxy) is 3. The van der Waals surface area contributed by atoms with Gasteiger partial charge in [-0.1, -0.05) is 11.6 Å². The molecule has 0 bridgehead atoms. The lowest BCUT2D eigenvalue weighted by molar-refractivity contribution is -0.674. The number of fused-ring (bicyclic) bond motifs is 2. The van der Waals surface area contributed by atoms with Gasteiger partial charge in [0.05, 0.1) is 25.3 Å². The van der Waals surface area contributed by atoms with Gasteiger partial charge >= 0.3 is 5.97 Å². The van der Waals surface area contributed by atoms with Gasteiger partial charge in [-0.3, -0.25) is 0 Å². The number of aryl methyl sites for hydroxylation is 1. The van der Waals surface area contributed by atoms with Crippen molar-refractivity contribution in [3.63, 3.8) is 0 Å². The standard InChI is InChI=1S/C22H24ClN2O4/c1-4-24-14(3)25(20-10-15(6-7-19(20)24)22(26)28-5-2)11-16-8-18(23)9-17-12-27-13-29-21(16)17/h6-10H,4-5,11-13H2,1-3H3/q+1. The van der Waals surface area contributed by atoms with Gasteiger partial charge in [-0.05, 0) is 38.1 Å². The molecule has 0 fully saturated rings. The third-order valence-electron chi connectivity index (χ3n) is 5.25. The van der Waals surface area contributed by atoms with Gasteiger partial charge in [0.25, 0.3) is 5.82 Å². The highest BCUT2D eigenvalue weighted by Gasteiger charge is 2.25. The minimum absolute atomic E-state index is 0.231. The summed E-state index contributed by atoms with van der Waals surface area (Å²) in [7, 11) is 0. The number of aromatic nitrogens is 2. The van der Waals surface area contributed by atoms with Gasteiger partial charge in [-0.15, -0.1) is 0 Å². The van der Waals surface area contributed by atoms with Gasteiger partial charge < -0.3 is 14.2 Å². The lowest BCUT2D eigenvalue weighted by atomic mass is 10.1. The summed E-state index contributed by atoms with van der Waals surface area (Å²) in [6.45, 7) is 8.45. The molecule has 3 aromatic rings. The first-order chi connectivity index (χ1) is 14.0. The van der Waals surface area contributed by atoms with E-state index in [1.165, 1.54) is 0 Å². The molecule has 0 unspecified atom stereocenters. The van der Waals surface area contributed by atoms with E-state index in [-0.39, 0.29) is 12.8 Å². The first-order valence-corrected chi connectivity index (χ1v) is 10.1. The first kappa shape index (κ1) is 19.7. The molecule has 0 spiro atoms. The normalized spacial score (nSPS) is 13.2. The Labute approximate surface area is 174 Å². The number of benzene rings is 2. The summed E-state index contributed by atoms with van der Waals surface area (Å²) in [4.78, 5) is 12.3. The van der Waals surface area contributed by atoms with Crippen molar-refractivity contribution in [2.75, 3.05) is 13.4 Å². The lowest BCUT2D eigenvalue weighted by Gasteiger charge is -2.20. The zero-order valence-electron chi connectivity index (χ0n) is 16.8. The number of carbonyl (C=O) groups is 1. The molecule has 1 aromatic heterocycles. The Kier molecular flexibility index (Phi) is 5.48. The smallest absolute Gasteiger partial charge is 0.338 e. The molecule has 29 heavy (non-hydrogen) atoms. The van der Waals surface area contributed by atoms with Crippen LogP contribution in [0.4, 0.5) is 0 Å². The van der Waals surface area contributed by atoms with Crippen LogP contribution >= 0.6 is 11.6 Å². The van der Waals surface area contributed by atoms with E-state index < -0.39 is 0 Å². The summed E-state index contributed by atoms with van der Waals surface area (Å²) in [6.07, 6.45) is 0.